The minimum absolute atomic E-state index is 0.109. The van der Waals surface area contributed by atoms with Gasteiger partial charge in [0.05, 0.1) is 6.04 Å². The van der Waals surface area contributed by atoms with E-state index in [1.165, 1.54) is 5.57 Å². The summed E-state index contributed by atoms with van der Waals surface area (Å²) in [5, 5.41) is 12.0. The molecule has 1 amide bonds. The largest absolute Gasteiger partial charge is 0.346 e. The topological polar surface area (TPSA) is 66.3 Å². The van der Waals surface area contributed by atoms with Crippen molar-refractivity contribution in [2.75, 3.05) is 39.8 Å². The summed E-state index contributed by atoms with van der Waals surface area (Å²) in [5.41, 5.74) is 1.40. The van der Waals surface area contributed by atoms with Crippen molar-refractivity contribution in [3.63, 3.8) is 0 Å². The highest BCUT2D eigenvalue weighted by atomic mass is 16.2. The summed E-state index contributed by atoms with van der Waals surface area (Å²) in [6, 6.07) is -0.109. The maximum Gasteiger partial charge on any atom is 0.223 e. The van der Waals surface area contributed by atoms with E-state index in [4.69, 9.17) is 0 Å². The van der Waals surface area contributed by atoms with Gasteiger partial charge in [-0.15, -0.1) is 10.2 Å². The third kappa shape index (κ3) is 4.96. The van der Waals surface area contributed by atoms with Crippen LogP contribution in [-0.2, 0) is 17.8 Å². The second kappa shape index (κ2) is 8.97. The molecule has 0 spiro atoms. The average Bonchev–Trinajstić information content (AvgIpc) is 2.97. The van der Waals surface area contributed by atoms with Crippen LogP contribution in [0.4, 0.5) is 0 Å². The molecule has 1 fully saturated rings. The number of fused-ring (bicyclic) bond motifs is 1. The molecule has 0 aromatic carbocycles. The number of piperidine rings is 1. The van der Waals surface area contributed by atoms with Crippen LogP contribution in [0, 0.1) is 5.92 Å². The van der Waals surface area contributed by atoms with E-state index in [1.54, 1.807) is 0 Å². The monoisotopic (exact) mass is 374 g/mol. The van der Waals surface area contributed by atoms with Crippen LogP contribution in [0.1, 0.15) is 51.3 Å². The van der Waals surface area contributed by atoms with Crippen LogP contribution in [0.5, 0.6) is 0 Å². The van der Waals surface area contributed by atoms with Gasteiger partial charge in [0.1, 0.15) is 5.82 Å². The molecule has 1 aromatic heterocycles. The summed E-state index contributed by atoms with van der Waals surface area (Å²) in [7, 11) is 2.11. The zero-order valence-corrected chi connectivity index (χ0v) is 17.2. The van der Waals surface area contributed by atoms with Crippen LogP contribution in [0.2, 0.25) is 0 Å². The Morgan fingerprint density at radius 2 is 1.96 bits per heavy atom. The molecule has 150 valence electrons. The average molecular weight is 375 g/mol. The van der Waals surface area contributed by atoms with Crippen molar-refractivity contribution in [1.29, 1.82) is 0 Å². The number of amides is 1. The first kappa shape index (κ1) is 20.0. The van der Waals surface area contributed by atoms with Gasteiger partial charge in [0.15, 0.2) is 5.82 Å². The molecule has 1 atom stereocenters. The molecule has 0 saturated carbocycles. The molecule has 1 saturated heterocycles. The van der Waals surface area contributed by atoms with E-state index in [2.05, 4.69) is 56.9 Å². The highest BCUT2D eigenvalue weighted by molar-refractivity contribution is 5.79. The molecule has 7 nitrogen and oxygen atoms in total. The van der Waals surface area contributed by atoms with E-state index in [9.17, 15) is 4.79 Å². The number of carbonyl (C=O) groups excluding carboxylic acids is 1. The maximum atomic E-state index is 12.7. The first-order valence-electron chi connectivity index (χ1n) is 10.2. The second-order valence-corrected chi connectivity index (χ2v) is 8.10. The van der Waals surface area contributed by atoms with Gasteiger partial charge in [0.2, 0.25) is 5.91 Å². The lowest BCUT2D eigenvalue weighted by Gasteiger charge is -2.29. The first-order chi connectivity index (χ1) is 13.0. The molecule has 3 heterocycles. The van der Waals surface area contributed by atoms with Crippen LogP contribution >= 0.6 is 0 Å². The van der Waals surface area contributed by atoms with Crippen molar-refractivity contribution in [1.82, 2.24) is 29.9 Å². The lowest BCUT2D eigenvalue weighted by atomic mass is 9.96. The van der Waals surface area contributed by atoms with E-state index >= 15 is 0 Å². The van der Waals surface area contributed by atoms with Gasteiger partial charge in [-0.1, -0.05) is 11.6 Å². The molecular weight excluding hydrogens is 340 g/mol. The highest BCUT2D eigenvalue weighted by Gasteiger charge is 2.27. The van der Waals surface area contributed by atoms with Crippen molar-refractivity contribution in [3.05, 3.63) is 23.3 Å². The van der Waals surface area contributed by atoms with Gasteiger partial charge in [-0.05, 0) is 53.8 Å². The summed E-state index contributed by atoms with van der Waals surface area (Å²) in [6.07, 6.45) is 4.95. The SMILES string of the molecule is C/C=C(\C)CN1CCc2nnc(C(C)NC(=O)C3CCN(C)CC3)n2CC1. The van der Waals surface area contributed by atoms with Gasteiger partial charge in [-0.3, -0.25) is 9.69 Å². The number of nitrogens with one attached hydrogen (secondary N) is 1. The molecule has 7 heteroatoms. The molecule has 0 aliphatic carbocycles. The predicted molar refractivity (Wildman–Crippen MR) is 106 cm³/mol. The third-order valence-corrected chi connectivity index (χ3v) is 5.95. The maximum absolute atomic E-state index is 12.7. The fourth-order valence-corrected chi connectivity index (χ4v) is 3.98. The zero-order valence-electron chi connectivity index (χ0n) is 17.2. The molecule has 1 unspecified atom stereocenters. The Morgan fingerprint density at radius 3 is 2.67 bits per heavy atom. The number of nitrogens with zero attached hydrogens (tertiary/aromatic N) is 5. The molecule has 2 aliphatic heterocycles. The Kier molecular flexibility index (Phi) is 6.65. The van der Waals surface area contributed by atoms with Gasteiger partial charge >= 0.3 is 0 Å². The summed E-state index contributed by atoms with van der Waals surface area (Å²) >= 11 is 0. The van der Waals surface area contributed by atoms with E-state index in [-0.39, 0.29) is 17.9 Å². The van der Waals surface area contributed by atoms with Crippen LogP contribution in [0.3, 0.4) is 0 Å². The number of hydrogen-bond donors (Lipinski definition) is 1. The highest BCUT2D eigenvalue weighted by Crippen LogP contribution is 2.20. The van der Waals surface area contributed by atoms with E-state index in [1.807, 2.05) is 6.92 Å². The molecule has 3 rings (SSSR count). The fraction of sp³-hybridized carbons (Fsp3) is 0.750. The fourth-order valence-electron chi connectivity index (χ4n) is 3.98. The van der Waals surface area contributed by atoms with Crippen molar-refractivity contribution < 1.29 is 4.79 Å². The molecular formula is C20H34N6O. The van der Waals surface area contributed by atoms with E-state index < -0.39 is 0 Å². The Labute approximate surface area is 162 Å². The minimum atomic E-state index is -0.109. The summed E-state index contributed by atoms with van der Waals surface area (Å²) in [5.74, 6) is 2.20. The zero-order chi connectivity index (χ0) is 19.4. The van der Waals surface area contributed by atoms with Gasteiger partial charge < -0.3 is 14.8 Å². The molecule has 1 aromatic rings. The van der Waals surface area contributed by atoms with E-state index in [0.29, 0.717) is 0 Å². The quantitative estimate of drug-likeness (QED) is 0.794. The Balaban J connectivity index is 1.60. The summed E-state index contributed by atoms with van der Waals surface area (Å²) < 4.78 is 2.21. The van der Waals surface area contributed by atoms with Crippen LogP contribution in [0.25, 0.3) is 0 Å². The molecule has 0 bridgehead atoms. The molecule has 2 aliphatic rings. The predicted octanol–water partition coefficient (Wildman–Crippen LogP) is 1.62. The lowest BCUT2D eigenvalue weighted by molar-refractivity contribution is -0.127. The number of hydrogen-bond acceptors (Lipinski definition) is 5. The van der Waals surface area contributed by atoms with Crippen LogP contribution in [0.15, 0.2) is 11.6 Å². The van der Waals surface area contributed by atoms with Gasteiger partial charge in [0.25, 0.3) is 0 Å². The number of rotatable bonds is 5. The van der Waals surface area contributed by atoms with Crippen LogP contribution < -0.4 is 5.32 Å². The van der Waals surface area contributed by atoms with Gasteiger partial charge in [-0.25, -0.2) is 0 Å². The van der Waals surface area contributed by atoms with Crippen LogP contribution in [-0.4, -0.2) is 70.2 Å². The summed E-state index contributed by atoms with van der Waals surface area (Å²) in [4.78, 5) is 17.4. The molecule has 27 heavy (non-hydrogen) atoms. The minimum Gasteiger partial charge on any atom is -0.346 e. The number of allylic oxidation sites excluding steroid dienone is 1. The van der Waals surface area contributed by atoms with Crippen molar-refractivity contribution in [3.8, 4) is 0 Å². The van der Waals surface area contributed by atoms with Crippen molar-refractivity contribution in [2.24, 2.45) is 5.92 Å². The third-order valence-electron chi connectivity index (χ3n) is 5.95. The Hall–Kier alpha value is -1.73. The standard InChI is InChI=1S/C20H34N6O/c1-5-15(2)14-25-11-8-18-22-23-19(26(18)13-12-25)16(3)21-20(27)17-6-9-24(4)10-7-17/h5,16-17H,6-14H2,1-4H3,(H,21,27)/b15-5+. The summed E-state index contributed by atoms with van der Waals surface area (Å²) in [6.45, 7) is 12.2. The second-order valence-electron chi connectivity index (χ2n) is 8.10. The lowest BCUT2D eigenvalue weighted by Crippen LogP contribution is -2.40. The first-order valence-corrected chi connectivity index (χ1v) is 10.2. The number of likely N-dealkylation sites (tertiary alicyclic amines) is 1. The van der Waals surface area contributed by atoms with Crippen molar-refractivity contribution >= 4 is 5.91 Å². The number of aromatic nitrogens is 3. The van der Waals surface area contributed by atoms with Gasteiger partial charge in [0, 0.05) is 38.5 Å². The smallest absolute Gasteiger partial charge is 0.223 e. The normalized spacial score (nSPS) is 21.6. The van der Waals surface area contributed by atoms with Gasteiger partial charge in [-0.2, -0.15) is 0 Å². The Bertz CT molecular complexity index is 674. The van der Waals surface area contributed by atoms with E-state index in [0.717, 1.165) is 70.2 Å². The molecule has 0 radical (unpaired) electrons. The molecule has 1 N–H and O–H groups in total. The number of carbonyl (C=O) groups is 1. The van der Waals surface area contributed by atoms with Crippen molar-refractivity contribution in [2.45, 2.75) is 52.6 Å². The Morgan fingerprint density at radius 1 is 1.22 bits per heavy atom.